The van der Waals surface area contributed by atoms with Crippen LogP contribution in [0.25, 0.3) is 0 Å². The topological polar surface area (TPSA) is 38.8 Å². The number of hydrogen-bond donors (Lipinski definition) is 0. The van der Waals surface area contributed by atoms with E-state index in [1.54, 1.807) is 18.2 Å². The number of ether oxygens (including phenoxy) is 2. The number of nitrogens with zero attached hydrogens (tertiary/aromatic N) is 1. The van der Waals surface area contributed by atoms with Crippen LogP contribution in [0.2, 0.25) is 0 Å². The van der Waals surface area contributed by atoms with Crippen molar-refractivity contribution >= 4 is 5.97 Å². The first-order valence-corrected chi connectivity index (χ1v) is 8.69. The summed E-state index contributed by atoms with van der Waals surface area (Å²) in [4.78, 5) is 14.4. The zero-order valence-corrected chi connectivity index (χ0v) is 14.8. The van der Waals surface area contributed by atoms with Gasteiger partial charge in [-0.3, -0.25) is 9.69 Å². The molecule has 1 aromatic rings. The highest BCUT2D eigenvalue weighted by Gasteiger charge is 2.23. The summed E-state index contributed by atoms with van der Waals surface area (Å²) in [5.74, 6) is -0.190. The minimum Gasteiger partial charge on any atom is -0.463 e. The van der Waals surface area contributed by atoms with Crippen LogP contribution in [0.15, 0.2) is 24.3 Å². The number of halogens is 1. The zero-order valence-electron chi connectivity index (χ0n) is 14.8. The Balaban J connectivity index is 1.75. The number of carbonyl (C=O) groups excluding carboxylic acids is 1. The SMILES string of the molecule is CC(C)CN1CCOC(COC(=O)CC(C)c2ccccc2F)C1. The summed E-state index contributed by atoms with van der Waals surface area (Å²) in [6.07, 6.45) is 0.0915. The van der Waals surface area contributed by atoms with Gasteiger partial charge >= 0.3 is 5.97 Å². The maximum atomic E-state index is 13.7. The summed E-state index contributed by atoms with van der Waals surface area (Å²) in [7, 11) is 0. The molecule has 0 spiro atoms. The van der Waals surface area contributed by atoms with Crippen molar-refractivity contribution in [3.63, 3.8) is 0 Å². The summed E-state index contributed by atoms with van der Waals surface area (Å²) in [6, 6.07) is 6.55. The van der Waals surface area contributed by atoms with Crippen molar-refractivity contribution in [3.8, 4) is 0 Å². The Morgan fingerprint density at radius 3 is 2.83 bits per heavy atom. The predicted octanol–water partition coefficient (Wildman–Crippen LogP) is 3.22. The normalized spacial score (nSPS) is 20.1. The molecule has 2 unspecified atom stereocenters. The fraction of sp³-hybridized carbons (Fsp3) is 0.632. The van der Waals surface area contributed by atoms with Crippen LogP contribution in [0.4, 0.5) is 4.39 Å². The zero-order chi connectivity index (χ0) is 17.5. The Bertz CT molecular complexity index is 535. The minimum absolute atomic E-state index is 0.0785. The highest BCUT2D eigenvalue weighted by molar-refractivity contribution is 5.70. The minimum atomic E-state index is -0.310. The van der Waals surface area contributed by atoms with Crippen LogP contribution in [0.3, 0.4) is 0 Å². The van der Waals surface area contributed by atoms with E-state index in [-0.39, 0.29) is 36.8 Å². The molecule has 1 aliphatic heterocycles. The molecule has 1 saturated heterocycles. The van der Waals surface area contributed by atoms with E-state index in [0.717, 1.165) is 19.6 Å². The Morgan fingerprint density at radius 2 is 2.12 bits per heavy atom. The third-order valence-corrected chi connectivity index (χ3v) is 4.19. The van der Waals surface area contributed by atoms with Crippen molar-refractivity contribution in [2.45, 2.75) is 39.2 Å². The van der Waals surface area contributed by atoms with Crippen LogP contribution >= 0.6 is 0 Å². The van der Waals surface area contributed by atoms with Crippen LogP contribution in [0.1, 0.15) is 38.7 Å². The molecule has 134 valence electrons. The molecule has 0 aromatic heterocycles. The van der Waals surface area contributed by atoms with Crippen LogP contribution < -0.4 is 0 Å². The lowest BCUT2D eigenvalue weighted by Crippen LogP contribution is -2.45. The van der Waals surface area contributed by atoms with Crippen LogP contribution in [0, 0.1) is 11.7 Å². The summed E-state index contributed by atoms with van der Waals surface area (Å²) < 4.78 is 24.8. The van der Waals surface area contributed by atoms with Gasteiger partial charge in [-0.15, -0.1) is 0 Å². The van der Waals surface area contributed by atoms with E-state index in [1.165, 1.54) is 6.07 Å². The van der Waals surface area contributed by atoms with E-state index >= 15 is 0 Å². The molecule has 1 aromatic carbocycles. The Labute approximate surface area is 143 Å². The maximum Gasteiger partial charge on any atom is 0.306 e. The number of benzene rings is 1. The van der Waals surface area contributed by atoms with E-state index < -0.39 is 0 Å². The van der Waals surface area contributed by atoms with Crippen molar-refractivity contribution in [3.05, 3.63) is 35.6 Å². The van der Waals surface area contributed by atoms with Gasteiger partial charge in [0.25, 0.3) is 0 Å². The summed E-state index contributed by atoms with van der Waals surface area (Å²) in [5, 5.41) is 0. The van der Waals surface area contributed by atoms with Crippen molar-refractivity contribution < 1.29 is 18.7 Å². The molecule has 0 radical (unpaired) electrons. The summed E-state index contributed by atoms with van der Waals surface area (Å²) in [5.41, 5.74) is 0.548. The first kappa shape index (κ1) is 18.9. The number of carbonyl (C=O) groups is 1. The van der Waals surface area contributed by atoms with Crippen molar-refractivity contribution in [1.29, 1.82) is 0 Å². The fourth-order valence-corrected chi connectivity index (χ4v) is 3.04. The molecule has 0 saturated carbocycles. The molecule has 4 nitrogen and oxygen atoms in total. The second-order valence-corrected chi connectivity index (χ2v) is 6.96. The molecule has 0 amide bonds. The van der Waals surface area contributed by atoms with Gasteiger partial charge in [-0.1, -0.05) is 39.0 Å². The molecule has 1 fully saturated rings. The molecule has 0 bridgehead atoms. The fourth-order valence-electron chi connectivity index (χ4n) is 3.04. The van der Waals surface area contributed by atoms with E-state index in [1.807, 2.05) is 6.92 Å². The van der Waals surface area contributed by atoms with Gasteiger partial charge in [-0.05, 0) is 23.5 Å². The van der Waals surface area contributed by atoms with E-state index in [2.05, 4.69) is 18.7 Å². The lowest BCUT2D eigenvalue weighted by molar-refractivity contribution is -0.151. The van der Waals surface area contributed by atoms with Gasteiger partial charge < -0.3 is 9.47 Å². The van der Waals surface area contributed by atoms with Gasteiger partial charge in [0.15, 0.2) is 0 Å². The molecular weight excluding hydrogens is 309 g/mol. The summed E-state index contributed by atoms with van der Waals surface area (Å²) in [6.45, 7) is 9.88. The van der Waals surface area contributed by atoms with Gasteiger partial charge in [-0.2, -0.15) is 0 Å². The Kier molecular flexibility index (Phi) is 7.18. The smallest absolute Gasteiger partial charge is 0.306 e. The number of esters is 1. The third kappa shape index (κ3) is 5.87. The molecular formula is C19H28FNO3. The van der Waals surface area contributed by atoms with Gasteiger partial charge in [0, 0.05) is 19.6 Å². The first-order chi connectivity index (χ1) is 11.5. The maximum absolute atomic E-state index is 13.7. The van der Waals surface area contributed by atoms with Crippen molar-refractivity contribution in [1.82, 2.24) is 4.90 Å². The number of morpholine rings is 1. The number of rotatable bonds is 7. The lowest BCUT2D eigenvalue weighted by atomic mass is 9.97. The Morgan fingerprint density at radius 1 is 1.38 bits per heavy atom. The molecule has 1 aliphatic rings. The standard InChI is InChI=1S/C19H28FNO3/c1-14(2)11-21-8-9-23-16(12-21)13-24-19(22)10-15(3)17-6-4-5-7-18(17)20/h4-7,14-16H,8-13H2,1-3H3. The van der Waals surface area contributed by atoms with E-state index in [4.69, 9.17) is 9.47 Å². The molecule has 24 heavy (non-hydrogen) atoms. The second kappa shape index (κ2) is 9.14. The lowest BCUT2D eigenvalue weighted by Gasteiger charge is -2.33. The molecule has 0 N–H and O–H groups in total. The van der Waals surface area contributed by atoms with Gasteiger partial charge in [0.2, 0.25) is 0 Å². The molecule has 5 heteroatoms. The van der Waals surface area contributed by atoms with Crippen LogP contribution in [0.5, 0.6) is 0 Å². The highest BCUT2D eigenvalue weighted by Crippen LogP contribution is 2.22. The van der Waals surface area contributed by atoms with Crippen molar-refractivity contribution in [2.24, 2.45) is 5.92 Å². The molecule has 0 aliphatic carbocycles. The average Bonchev–Trinajstić information content (AvgIpc) is 2.53. The van der Waals surface area contributed by atoms with Gasteiger partial charge in [-0.25, -0.2) is 4.39 Å². The molecule has 2 atom stereocenters. The monoisotopic (exact) mass is 337 g/mol. The summed E-state index contributed by atoms with van der Waals surface area (Å²) >= 11 is 0. The molecule has 2 rings (SSSR count). The number of hydrogen-bond acceptors (Lipinski definition) is 4. The average molecular weight is 337 g/mol. The van der Waals surface area contributed by atoms with Crippen LogP contribution in [-0.4, -0.2) is 49.8 Å². The van der Waals surface area contributed by atoms with Gasteiger partial charge in [0.1, 0.15) is 18.5 Å². The molecule has 1 heterocycles. The second-order valence-electron chi connectivity index (χ2n) is 6.96. The van der Waals surface area contributed by atoms with Gasteiger partial charge in [0.05, 0.1) is 13.0 Å². The Hall–Kier alpha value is -1.46. The van der Waals surface area contributed by atoms with Crippen LogP contribution in [-0.2, 0) is 14.3 Å². The first-order valence-electron chi connectivity index (χ1n) is 8.69. The predicted molar refractivity (Wildman–Crippen MR) is 91.4 cm³/mol. The van der Waals surface area contributed by atoms with E-state index in [9.17, 15) is 9.18 Å². The highest BCUT2D eigenvalue weighted by atomic mass is 19.1. The largest absolute Gasteiger partial charge is 0.463 e. The van der Waals surface area contributed by atoms with E-state index in [0.29, 0.717) is 18.1 Å². The quantitative estimate of drug-likeness (QED) is 0.716. The third-order valence-electron chi connectivity index (χ3n) is 4.19. The van der Waals surface area contributed by atoms with Crippen molar-refractivity contribution in [2.75, 3.05) is 32.8 Å².